The predicted molar refractivity (Wildman–Crippen MR) is 113 cm³/mol. The smallest absolute Gasteiger partial charge is 0.191 e. The van der Waals surface area contributed by atoms with E-state index < -0.39 is 0 Å². The summed E-state index contributed by atoms with van der Waals surface area (Å²) in [6.07, 6.45) is 6.57. The lowest BCUT2D eigenvalue weighted by Crippen LogP contribution is -2.38. The number of nitrogens with one attached hydrogen (secondary N) is 2. The maximum Gasteiger partial charge on any atom is 0.191 e. The molecule has 0 bridgehead atoms. The molecule has 0 saturated carbocycles. The molecule has 1 aromatic carbocycles. The number of halogens is 1. The third-order valence-corrected chi connectivity index (χ3v) is 3.75. The zero-order chi connectivity index (χ0) is 17.0. The van der Waals surface area contributed by atoms with E-state index in [2.05, 4.69) is 25.2 Å². The Hall–Kier alpha value is -1.61. The Balaban J connectivity index is 0.00000312. The summed E-state index contributed by atoms with van der Waals surface area (Å²) in [5.41, 5.74) is 1.11. The SMILES string of the molecule is CCNC(=NCC(CO)c1ccccc1)NCCCn1ccnc1.I. The molecule has 25 heavy (non-hydrogen) atoms. The van der Waals surface area contributed by atoms with Crippen LogP contribution in [0.2, 0.25) is 0 Å². The third kappa shape index (κ3) is 7.87. The zero-order valence-electron chi connectivity index (χ0n) is 14.6. The Bertz CT molecular complexity index is 589. The van der Waals surface area contributed by atoms with Crippen LogP contribution < -0.4 is 10.6 Å². The van der Waals surface area contributed by atoms with Gasteiger partial charge in [-0.2, -0.15) is 0 Å². The molecule has 0 aliphatic rings. The number of imidazole rings is 1. The Morgan fingerprint density at radius 2 is 2.08 bits per heavy atom. The van der Waals surface area contributed by atoms with Crippen molar-refractivity contribution in [3.63, 3.8) is 0 Å². The van der Waals surface area contributed by atoms with Crippen LogP contribution in [0.1, 0.15) is 24.8 Å². The van der Waals surface area contributed by atoms with E-state index in [1.165, 1.54) is 0 Å². The van der Waals surface area contributed by atoms with Gasteiger partial charge in [-0.15, -0.1) is 24.0 Å². The molecule has 1 aromatic heterocycles. The van der Waals surface area contributed by atoms with E-state index in [-0.39, 0.29) is 36.5 Å². The van der Waals surface area contributed by atoms with Gasteiger partial charge in [-0.1, -0.05) is 30.3 Å². The van der Waals surface area contributed by atoms with Crippen molar-refractivity contribution in [1.82, 2.24) is 20.2 Å². The number of benzene rings is 1. The summed E-state index contributed by atoms with van der Waals surface area (Å²) >= 11 is 0. The van der Waals surface area contributed by atoms with Crippen molar-refractivity contribution >= 4 is 29.9 Å². The molecule has 2 rings (SSSR count). The minimum atomic E-state index is 0. The first kappa shape index (κ1) is 21.4. The van der Waals surface area contributed by atoms with Gasteiger partial charge in [0.25, 0.3) is 0 Å². The molecule has 0 aliphatic heterocycles. The average Bonchev–Trinajstić information content (AvgIpc) is 3.13. The number of aromatic nitrogens is 2. The van der Waals surface area contributed by atoms with E-state index in [0.717, 1.165) is 37.6 Å². The second kappa shape index (κ2) is 12.7. The van der Waals surface area contributed by atoms with Crippen molar-refractivity contribution in [2.45, 2.75) is 25.8 Å². The van der Waals surface area contributed by atoms with Crippen LogP contribution in [0, 0.1) is 0 Å². The minimum absolute atomic E-state index is 0. The van der Waals surface area contributed by atoms with Crippen molar-refractivity contribution in [3.05, 3.63) is 54.6 Å². The van der Waals surface area contributed by atoms with Crippen LogP contribution in [0.3, 0.4) is 0 Å². The fourth-order valence-electron chi connectivity index (χ4n) is 2.42. The van der Waals surface area contributed by atoms with Crippen LogP contribution >= 0.6 is 24.0 Å². The third-order valence-electron chi connectivity index (χ3n) is 3.75. The molecule has 1 unspecified atom stereocenters. The number of hydrogen-bond donors (Lipinski definition) is 3. The monoisotopic (exact) mass is 457 g/mol. The first-order valence-electron chi connectivity index (χ1n) is 8.47. The number of rotatable bonds is 9. The van der Waals surface area contributed by atoms with Gasteiger partial charge < -0.3 is 20.3 Å². The van der Waals surface area contributed by atoms with Gasteiger partial charge in [0.1, 0.15) is 0 Å². The molecule has 0 fully saturated rings. The van der Waals surface area contributed by atoms with Gasteiger partial charge in [0.2, 0.25) is 0 Å². The van der Waals surface area contributed by atoms with Crippen LogP contribution in [-0.4, -0.2) is 46.9 Å². The molecule has 138 valence electrons. The number of aliphatic imine (C=N–C) groups is 1. The summed E-state index contributed by atoms with van der Waals surface area (Å²) in [6.45, 7) is 5.26. The number of aryl methyl sites for hydroxylation is 1. The summed E-state index contributed by atoms with van der Waals surface area (Å²) in [5, 5.41) is 16.2. The van der Waals surface area contributed by atoms with Gasteiger partial charge >= 0.3 is 0 Å². The molecular weight excluding hydrogens is 429 g/mol. The molecule has 0 aliphatic carbocycles. The standard InChI is InChI=1S/C18H27N5O.HI/c1-2-20-18(21-9-6-11-23-12-10-19-15-23)22-13-17(14-24)16-7-4-3-5-8-16;/h3-5,7-8,10,12,15,17,24H,2,6,9,11,13-14H2,1H3,(H2,20,21,22);1H. The molecule has 0 amide bonds. The number of aliphatic hydroxyl groups excluding tert-OH is 1. The van der Waals surface area contributed by atoms with E-state index >= 15 is 0 Å². The van der Waals surface area contributed by atoms with E-state index in [4.69, 9.17) is 0 Å². The molecule has 3 N–H and O–H groups in total. The van der Waals surface area contributed by atoms with E-state index in [1.54, 1.807) is 6.20 Å². The Morgan fingerprint density at radius 3 is 2.72 bits per heavy atom. The van der Waals surface area contributed by atoms with E-state index in [9.17, 15) is 5.11 Å². The highest BCUT2D eigenvalue weighted by molar-refractivity contribution is 14.0. The predicted octanol–water partition coefficient (Wildman–Crippen LogP) is 2.22. The van der Waals surface area contributed by atoms with Crippen LogP contribution in [0.15, 0.2) is 54.0 Å². The number of aliphatic hydroxyl groups is 1. The van der Waals surface area contributed by atoms with Crippen LogP contribution in [0.5, 0.6) is 0 Å². The molecule has 0 radical (unpaired) electrons. The normalized spacial score (nSPS) is 12.3. The molecule has 0 spiro atoms. The molecule has 1 heterocycles. The Morgan fingerprint density at radius 1 is 1.28 bits per heavy atom. The summed E-state index contributed by atoms with van der Waals surface area (Å²) < 4.78 is 2.06. The first-order valence-corrected chi connectivity index (χ1v) is 8.47. The largest absolute Gasteiger partial charge is 0.396 e. The van der Waals surface area contributed by atoms with E-state index in [1.807, 2.05) is 49.8 Å². The average molecular weight is 457 g/mol. The van der Waals surface area contributed by atoms with Crippen LogP contribution in [0.25, 0.3) is 0 Å². The maximum atomic E-state index is 9.62. The number of guanidine groups is 1. The summed E-state index contributed by atoms with van der Waals surface area (Å²) in [6, 6.07) is 10.0. The highest BCUT2D eigenvalue weighted by atomic mass is 127. The zero-order valence-corrected chi connectivity index (χ0v) is 17.0. The van der Waals surface area contributed by atoms with Crippen molar-refractivity contribution in [2.24, 2.45) is 4.99 Å². The van der Waals surface area contributed by atoms with Gasteiger partial charge in [-0.05, 0) is 18.9 Å². The molecule has 0 saturated heterocycles. The lowest BCUT2D eigenvalue weighted by molar-refractivity contribution is 0.268. The highest BCUT2D eigenvalue weighted by Crippen LogP contribution is 2.14. The van der Waals surface area contributed by atoms with Crippen molar-refractivity contribution in [3.8, 4) is 0 Å². The summed E-state index contributed by atoms with van der Waals surface area (Å²) in [7, 11) is 0. The van der Waals surface area contributed by atoms with Gasteiger partial charge in [0, 0.05) is 37.9 Å². The quantitative estimate of drug-likeness (QED) is 0.234. The fraction of sp³-hybridized carbons (Fsp3) is 0.444. The van der Waals surface area contributed by atoms with Crippen molar-refractivity contribution < 1.29 is 5.11 Å². The Kier molecular flexibility index (Phi) is 10.9. The first-order chi connectivity index (χ1) is 11.8. The Labute approximate surface area is 166 Å². The lowest BCUT2D eigenvalue weighted by atomic mass is 10.0. The van der Waals surface area contributed by atoms with Gasteiger partial charge in [0.15, 0.2) is 5.96 Å². The maximum absolute atomic E-state index is 9.62. The molecule has 6 nitrogen and oxygen atoms in total. The summed E-state index contributed by atoms with van der Waals surface area (Å²) in [4.78, 5) is 8.65. The van der Waals surface area contributed by atoms with Gasteiger partial charge in [-0.25, -0.2) is 4.98 Å². The highest BCUT2D eigenvalue weighted by Gasteiger charge is 2.09. The van der Waals surface area contributed by atoms with Crippen molar-refractivity contribution in [1.29, 1.82) is 0 Å². The lowest BCUT2D eigenvalue weighted by Gasteiger charge is -2.15. The molecule has 7 heteroatoms. The second-order valence-corrected chi connectivity index (χ2v) is 5.59. The fourth-order valence-corrected chi connectivity index (χ4v) is 2.42. The summed E-state index contributed by atoms with van der Waals surface area (Å²) in [5.74, 6) is 0.810. The minimum Gasteiger partial charge on any atom is -0.396 e. The number of hydrogen-bond acceptors (Lipinski definition) is 3. The van der Waals surface area contributed by atoms with Crippen LogP contribution in [0.4, 0.5) is 0 Å². The molecule has 1 atom stereocenters. The van der Waals surface area contributed by atoms with Crippen LogP contribution in [-0.2, 0) is 6.54 Å². The second-order valence-electron chi connectivity index (χ2n) is 5.59. The van der Waals surface area contributed by atoms with E-state index in [0.29, 0.717) is 6.54 Å². The number of nitrogens with zero attached hydrogens (tertiary/aromatic N) is 3. The molecule has 2 aromatic rings. The van der Waals surface area contributed by atoms with Crippen molar-refractivity contribution in [2.75, 3.05) is 26.2 Å². The topological polar surface area (TPSA) is 74.5 Å². The van der Waals surface area contributed by atoms with Gasteiger partial charge in [0.05, 0.1) is 19.5 Å². The molecular formula is C18H28IN5O. The van der Waals surface area contributed by atoms with Gasteiger partial charge in [-0.3, -0.25) is 4.99 Å².